The standard InChI is InChI=1S/C56H74N2O7/c1-34-21-26-64-55(30-34,49-48(65-49)52(4,62)50(2,33-59)23-18-35-20-25-58-46(57)27-35)45-19-24-56(63)43-29-44(61)42-28-41(60)32-54-39-12-7-11-36-9-5-6-10-37(36)14-15-38(31-51(45,56)3)47(43)53(42,54)22-8-13-40(54)17-16-39/h5-6,8-10,13,20,27,29,34,38-42,45,47-49,58-60,62-63H,11,14-19,21-26,28,30-33,57H2,1-4H3. The van der Waals surface area contributed by atoms with Gasteiger partial charge in [0.1, 0.15) is 17.8 Å². The third-order valence-corrected chi connectivity index (χ3v) is 20.9. The van der Waals surface area contributed by atoms with Gasteiger partial charge in [-0.15, -0.1) is 0 Å². The van der Waals surface area contributed by atoms with E-state index in [0.29, 0.717) is 69.8 Å². The molecular weight excluding hydrogens is 813 g/mol. The van der Waals surface area contributed by atoms with E-state index in [9.17, 15) is 20.4 Å². The van der Waals surface area contributed by atoms with Gasteiger partial charge in [0.05, 0.1) is 29.7 Å². The van der Waals surface area contributed by atoms with E-state index in [0.717, 1.165) is 62.5 Å². The van der Waals surface area contributed by atoms with Crippen LogP contribution in [0, 0.1) is 74.9 Å². The number of ether oxygens (including phenoxy) is 2. The molecule has 0 bridgehead atoms. The normalized spacial score (nSPS) is 46.6. The van der Waals surface area contributed by atoms with Gasteiger partial charge in [0.25, 0.3) is 0 Å². The average Bonchev–Trinajstić information content (AvgIpc) is 3.97. The lowest BCUT2D eigenvalue weighted by atomic mass is 9.33. The Hall–Kier alpha value is -3.23. The number of aliphatic hydroxyl groups excluding tert-OH is 2. The molecule has 2 saturated heterocycles. The van der Waals surface area contributed by atoms with Gasteiger partial charge in [-0.25, -0.2) is 0 Å². The number of hydrogen-bond donors (Lipinski definition) is 6. The second-order valence-electron chi connectivity index (χ2n) is 23.7. The molecule has 7 N–H and O–H groups in total. The van der Waals surface area contributed by atoms with Crippen LogP contribution in [0.4, 0.5) is 0 Å². The smallest absolute Gasteiger partial charge is 0.159 e. The molecule has 1 aromatic rings. The summed E-state index contributed by atoms with van der Waals surface area (Å²) in [5.41, 5.74) is 4.94. The first kappa shape index (κ1) is 44.3. The zero-order valence-corrected chi connectivity index (χ0v) is 39.3. The summed E-state index contributed by atoms with van der Waals surface area (Å²) in [4.78, 5) is 15.2. The van der Waals surface area contributed by atoms with E-state index in [1.54, 1.807) is 0 Å². The van der Waals surface area contributed by atoms with Crippen LogP contribution in [0.25, 0.3) is 0 Å². The molecule has 17 unspecified atom stereocenters. The van der Waals surface area contributed by atoms with Crippen molar-refractivity contribution in [2.45, 2.75) is 159 Å². The number of allylic oxidation sites excluding steroid dienone is 5. The molecule has 6 fully saturated rings. The highest BCUT2D eigenvalue weighted by molar-refractivity contribution is 5.95. The van der Waals surface area contributed by atoms with E-state index in [-0.39, 0.29) is 53.3 Å². The van der Waals surface area contributed by atoms with Crippen molar-refractivity contribution in [1.82, 2.24) is 5.32 Å². The molecule has 10 aliphatic rings. The van der Waals surface area contributed by atoms with Gasteiger partial charge in [-0.2, -0.15) is 0 Å². The molecule has 11 rings (SSSR count). The largest absolute Gasteiger partial charge is 0.396 e. The number of nitrogens with one attached hydrogen (secondary N) is 1. The van der Waals surface area contributed by atoms with E-state index >= 15 is 4.79 Å². The number of rotatable bonds is 8. The fourth-order valence-electron chi connectivity index (χ4n) is 17.5. The SMILES string of the molecule is CC1CCOC(C2OC2C(C)(O)C(C)(CO)CCC2=CCNC(N)=C2)(C2CCC3(O)C4=CC(=O)C5CC(O)CC67C8C#CCc9ccccc9CCC(CC23C)C4C56CC=CC7CC8)C1. The molecule has 9 nitrogen and oxygen atoms in total. The maximum atomic E-state index is 15.2. The van der Waals surface area contributed by atoms with Crippen molar-refractivity contribution >= 4 is 5.78 Å². The summed E-state index contributed by atoms with van der Waals surface area (Å²) in [5, 5.41) is 53.0. The monoisotopic (exact) mass is 887 g/mol. The average molecular weight is 887 g/mol. The molecule has 17 atom stereocenters. The van der Waals surface area contributed by atoms with Gasteiger partial charge in [0.2, 0.25) is 0 Å². The molecule has 0 amide bonds. The van der Waals surface area contributed by atoms with Gasteiger partial charge in [-0.3, -0.25) is 4.79 Å². The Labute approximate surface area is 386 Å². The molecular formula is C56H74N2O7. The van der Waals surface area contributed by atoms with Crippen molar-refractivity contribution in [3.8, 4) is 11.8 Å². The Morgan fingerprint density at radius 1 is 1.03 bits per heavy atom. The number of epoxide rings is 1. The highest BCUT2D eigenvalue weighted by atomic mass is 16.6. The summed E-state index contributed by atoms with van der Waals surface area (Å²) < 4.78 is 14.1. The number of aliphatic hydroxyl groups is 4. The Bertz CT molecular complexity index is 2310. The predicted molar refractivity (Wildman–Crippen MR) is 249 cm³/mol. The summed E-state index contributed by atoms with van der Waals surface area (Å²) in [6.07, 6.45) is 20.5. The number of carbonyl (C=O) groups excluding carboxylic acids is 1. The van der Waals surface area contributed by atoms with Crippen LogP contribution < -0.4 is 11.1 Å². The van der Waals surface area contributed by atoms with Crippen molar-refractivity contribution in [2.24, 2.45) is 68.8 Å². The molecule has 9 heteroatoms. The molecule has 65 heavy (non-hydrogen) atoms. The quantitative estimate of drug-likeness (QED) is 0.0918. The second-order valence-corrected chi connectivity index (χ2v) is 23.7. The third-order valence-electron chi connectivity index (χ3n) is 20.9. The van der Waals surface area contributed by atoms with E-state index < -0.39 is 51.4 Å². The number of aryl methyl sites for hydroxylation is 1. The number of nitrogens with two attached hydrogens (primary N) is 1. The number of carbonyl (C=O) groups is 1. The molecule has 0 aromatic heterocycles. The first-order chi connectivity index (χ1) is 31.1. The van der Waals surface area contributed by atoms with Crippen LogP contribution in [0.1, 0.15) is 122 Å². The molecule has 350 valence electrons. The summed E-state index contributed by atoms with van der Waals surface area (Å²) >= 11 is 0. The zero-order valence-electron chi connectivity index (χ0n) is 39.3. The van der Waals surface area contributed by atoms with Gasteiger partial charge in [0, 0.05) is 42.2 Å². The highest BCUT2D eigenvalue weighted by Crippen LogP contribution is 2.79. The minimum absolute atomic E-state index is 0.0331. The lowest BCUT2D eigenvalue weighted by molar-refractivity contribution is -0.223. The van der Waals surface area contributed by atoms with Gasteiger partial charge >= 0.3 is 0 Å². The molecule has 1 aromatic carbocycles. The molecule has 7 aliphatic carbocycles. The van der Waals surface area contributed by atoms with Crippen LogP contribution >= 0.6 is 0 Å². The van der Waals surface area contributed by atoms with E-state index in [2.05, 4.69) is 73.5 Å². The Morgan fingerprint density at radius 3 is 2.63 bits per heavy atom. The summed E-state index contributed by atoms with van der Waals surface area (Å²) in [6.45, 7) is 9.45. The summed E-state index contributed by atoms with van der Waals surface area (Å²) in [5.74, 6) is 8.57. The molecule has 3 heterocycles. The van der Waals surface area contributed by atoms with Gasteiger partial charge in [-0.05, 0) is 172 Å². The number of hydrogen-bond acceptors (Lipinski definition) is 9. The van der Waals surface area contributed by atoms with Crippen LogP contribution in [0.2, 0.25) is 0 Å². The minimum atomic E-state index is -1.39. The lowest BCUT2D eigenvalue weighted by Crippen LogP contribution is -2.70. The fraction of sp³-hybridized carbons (Fsp3) is 0.696. The molecule has 2 spiro atoms. The van der Waals surface area contributed by atoms with E-state index in [4.69, 9.17) is 15.2 Å². The predicted octanol–water partition coefficient (Wildman–Crippen LogP) is 7.01. The second kappa shape index (κ2) is 15.4. The van der Waals surface area contributed by atoms with Crippen LogP contribution in [0.3, 0.4) is 0 Å². The first-order valence-electron chi connectivity index (χ1n) is 25.5. The summed E-state index contributed by atoms with van der Waals surface area (Å²) in [7, 11) is 0. The topological polar surface area (TPSA) is 158 Å². The summed E-state index contributed by atoms with van der Waals surface area (Å²) in [6, 6.07) is 8.80. The minimum Gasteiger partial charge on any atom is -0.396 e. The van der Waals surface area contributed by atoms with Gasteiger partial charge in [-0.1, -0.05) is 75.1 Å². The van der Waals surface area contributed by atoms with Crippen molar-refractivity contribution in [3.05, 3.63) is 82.7 Å². The van der Waals surface area contributed by atoms with Crippen LogP contribution in [0.5, 0.6) is 0 Å². The Balaban J connectivity index is 1.01. The third kappa shape index (κ3) is 6.15. The highest BCUT2D eigenvalue weighted by Gasteiger charge is 2.79. The Morgan fingerprint density at radius 2 is 1.85 bits per heavy atom. The van der Waals surface area contributed by atoms with E-state index in [1.807, 2.05) is 26.0 Å². The molecule has 3 aliphatic heterocycles. The number of dihydropyridines is 1. The number of ketones is 1. The number of fused-ring (bicyclic) bond motifs is 3. The Kier molecular flexibility index (Phi) is 10.5. The van der Waals surface area contributed by atoms with Crippen LogP contribution in [-0.2, 0) is 27.1 Å². The fourth-order valence-corrected chi connectivity index (χ4v) is 17.5. The van der Waals surface area contributed by atoms with E-state index in [1.165, 1.54) is 11.1 Å². The number of benzene rings is 1. The maximum absolute atomic E-state index is 15.2. The molecule has 0 radical (unpaired) electrons. The van der Waals surface area contributed by atoms with Crippen molar-refractivity contribution in [2.75, 3.05) is 19.8 Å². The van der Waals surface area contributed by atoms with Crippen molar-refractivity contribution in [1.29, 1.82) is 0 Å². The lowest BCUT2D eigenvalue weighted by Gasteiger charge is -2.71. The van der Waals surface area contributed by atoms with Crippen LogP contribution in [-0.4, -0.2) is 81.1 Å². The van der Waals surface area contributed by atoms with Crippen LogP contribution in [0.15, 0.2) is 71.6 Å². The van der Waals surface area contributed by atoms with Crippen molar-refractivity contribution in [3.63, 3.8) is 0 Å². The van der Waals surface area contributed by atoms with Crippen molar-refractivity contribution < 1.29 is 34.7 Å². The molecule has 4 saturated carbocycles. The first-order valence-corrected chi connectivity index (χ1v) is 25.5. The zero-order chi connectivity index (χ0) is 45.4. The van der Waals surface area contributed by atoms with Gasteiger partial charge in [0.15, 0.2) is 5.78 Å². The van der Waals surface area contributed by atoms with Gasteiger partial charge < -0.3 is 41.0 Å². The maximum Gasteiger partial charge on any atom is 0.159 e.